The van der Waals surface area contributed by atoms with E-state index in [1.807, 2.05) is 20.8 Å². The summed E-state index contributed by atoms with van der Waals surface area (Å²) >= 11 is 6.46. The summed E-state index contributed by atoms with van der Waals surface area (Å²) in [5.41, 5.74) is 0.910. The third-order valence-corrected chi connectivity index (χ3v) is 3.97. The Hall–Kier alpha value is -1.70. The fraction of sp³-hybridized carbons (Fsp3) is 0.533. The number of rotatable bonds is 1. The number of ether oxygens (including phenoxy) is 2. The van der Waals surface area contributed by atoms with Crippen LogP contribution in [0.15, 0.2) is 33.8 Å². The predicted molar refractivity (Wildman–Crippen MR) is 86.8 cm³/mol. The van der Waals surface area contributed by atoms with Crippen LogP contribution in [0.2, 0.25) is 0 Å². The molecule has 2 unspecified atom stereocenters. The molecule has 1 saturated heterocycles. The summed E-state index contributed by atoms with van der Waals surface area (Å²) in [4.78, 5) is 22.4. The van der Waals surface area contributed by atoms with Gasteiger partial charge in [-0.05, 0) is 20.8 Å². The molecule has 0 aromatic heterocycles. The second-order valence-corrected chi connectivity index (χ2v) is 7.12. The normalized spacial score (nSPS) is 29.9. The Morgan fingerprint density at radius 3 is 3.04 bits per heavy atom. The molecule has 1 fully saturated rings. The van der Waals surface area contributed by atoms with E-state index in [1.165, 1.54) is 0 Å². The first-order chi connectivity index (χ1) is 10.8. The van der Waals surface area contributed by atoms with Gasteiger partial charge in [0.25, 0.3) is 0 Å². The van der Waals surface area contributed by atoms with Crippen molar-refractivity contribution in [3.8, 4) is 0 Å². The molecular weight excluding hydrogens is 320 g/mol. The Kier molecular flexibility index (Phi) is 4.03. The van der Waals surface area contributed by atoms with E-state index in [1.54, 1.807) is 29.9 Å². The third-order valence-electron chi connectivity index (χ3n) is 3.59. The van der Waals surface area contributed by atoms with Crippen LogP contribution in [0.1, 0.15) is 20.8 Å². The van der Waals surface area contributed by atoms with Crippen LogP contribution >= 0.6 is 11.8 Å². The first kappa shape index (κ1) is 16.2. The Morgan fingerprint density at radius 2 is 2.30 bits per heavy atom. The Morgan fingerprint density at radius 1 is 1.52 bits per heavy atom. The van der Waals surface area contributed by atoms with Crippen LogP contribution in [0.4, 0.5) is 4.79 Å². The minimum atomic E-state index is -0.526. The molecule has 7 nitrogen and oxygen atoms in total. The summed E-state index contributed by atoms with van der Waals surface area (Å²) in [6, 6.07) is 0. The number of morpholine rings is 1. The maximum Gasteiger partial charge on any atom is 0.410 e. The quantitative estimate of drug-likeness (QED) is 0.689. The van der Waals surface area contributed by atoms with Crippen molar-refractivity contribution < 1.29 is 18.3 Å². The van der Waals surface area contributed by atoms with Crippen molar-refractivity contribution >= 4 is 30.4 Å². The van der Waals surface area contributed by atoms with Crippen molar-refractivity contribution in [2.24, 2.45) is 9.98 Å². The van der Waals surface area contributed by atoms with Crippen LogP contribution < -0.4 is 0 Å². The van der Waals surface area contributed by atoms with E-state index in [-0.39, 0.29) is 16.2 Å². The minimum Gasteiger partial charge on any atom is -0.444 e. The van der Waals surface area contributed by atoms with Gasteiger partial charge in [0.2, 0.25) is 12.0 Å². The second-order valence-electron chi connectivity index (χ2n) is 6.56. The fourth-order valence-corrected chi connectivity index (χ4v) is 2.75. The summed E-state index contributed by atoms with van der Waals surface area (Å²) in [5.74, 6) is 0. The summed E-state index contributed by atoms with van der Waals surface area (Å²) in [6.07, 6.45) is 5.94. The SMILES string of the molecule is CC(C)(C)OC(=O)N1CCOC(C2=C3C=NC=C[N+]3(Cl)C=N2)C1. The van der Waals surface area contributed by atoms with Gasteiger partial charge in [-0.15, -0.1) is 4.00 Å². The zero-order chi connectivity index (χ0) is 16.7. The molecule has 3 aliphatic rings. The summed E-state index contributed by atoms with van der Waals surface area (Å²) in [6.45, 7) is 6.83. The summed E-state index contributed by atoms with van der Waals surface area (Å²) < 4.78 is 11.2. The lowest BCUT2D eigenvalue weighted by atomic mass is 10.1. The highest BCUT2D eigenvalue weighted by Gasteiger charge is 2.42. The van der Waals surface area contributed by atoms with E-state index in [4.69, 9.17) is 21.3 Å². The maximum atomic E-state index is 12.2. The van der Waals surface area contributed by atoms with E-state index in [0.717, 1.165) is 5.70 Å². The predicted octanol–water partition coefficient (Wildman–Crippen LogP) is 2.40. The molecule has 1 amide bonds. The summed E-state index contributed by atoms with van der Waals surface area (Å²) in [7, 11) is 0. The molecule has 23 heavy (non-hydrogen) atoms. The van der Waals surface area contributed by atoms with Gasteiger partial charge < -0.3 is 14.4 Å². The smallest absolute Gasteiger partial charge is 0.410 e. The van der Waals surface area contributed by atoms with Gasteiger partial charge in [-0.25, -0.2) is 4.79 Å². The average Bonchev–Trinajstić information content (AvgIpc) is 2.83. The van der Waals surface area contributed by atoms with Gasteiger partial charge in [0.05, 0.1) is 25.6 Å². The first-order valence-corrected chi connectivity index (χ1v) is 7.81. The molecule has 3 aliphatic heterocycles. The topological polar surface area (TPSA) is 63.5 Å². The summed E-state index contributed by atoms with van der Waals surface area (Å²) in [5, 5.41) is 0. The number of allylic oxidation sites excluding steroid dienone is 1. The number of halogens is 1. The van der Waals surface area contributed by atoms with Gasteiger partial charge in [-0.1, -0.05) is 0 Å². The number of hydrogen-bond acceptors (Lipinski definition) is 5. The molecule has 3 heterocycles. The van der Waals surface area contributed by atoms with Gasteiger partial charge in [0.1, 0.15) is 23.6 Å². The molecule has 0 saturated carbocycles. The van der Waals surface area contributed by atoms with Crippen molar-refractivity contribution in [2.75, 3.05) is 19.7 Å². The molecule has 0 aliphatic carbocycles. The van der Waals surface area contributed by atoms with Crippen molar-refractivity contribution in [1.82, 2.24) is 4.90 Å². The van der Waals surface area contributed by atoms with Crippen molar-refractivity contribution in [3.05, 3.63) is 23.8 Å². The van der Waals surface area contributed by atoms with E-state index in [9.17, 15) is 4.79 Å². The Balaban J connectivity index is 1.76. The molecular formula is C15H20ClN4O3+. The minimum absolute atomic E-state index is 0.0505. The number of aliphatic imine (C=N–C) groups is 2. The molecule has 0 bridgehead atoms. The van der Waals surface area contributed by atoms with Gasteiger partial charge in [0, 0.05) is 6.54 Å². The zero-order valence-electron chi connectivity index (χ0n) is 13.4. The standard InChI is InChI=1S/C15H20ClN4O3/c1-15(2,3)23-14(21)19-5-7-22-12(9-19)13-11-8-17-4-6-20(11,16)10-18-13/h4,6,8,10,12H,5,7,9H2,1-3H3/q+1. The van der Waals surface area contributed by atoms with E-state index in [2.05, 4.69) is 9.98 Å². The van der Waals surface area contributed by atoms with Crippen LogP contribution in [-0.4, -0.2) is 58.9 Å². The van der Waals surface area contributed by atoms with Crippen molar-refractivity contribution in [2.45, 2.75) is 32.5 Å². The highest BCUT2D eigenvalue weighted by atomic mass is 35.5. The fourth-order valence-electron chi connectivity index (χ4n) is 2.53. The molecule has 0 aromatic rings. The number of carbonyl (C=O) groups excluding carboxylic acids is 1. The molecule has 0 aromatic carbocycles. The number of amides is 1. The third kappa shape index (κ3) is 3.31. The van der Waals surface area contributed by atoms with Gasteiger partial charge >= 0.3 is 6.09 Å². The lowest BCUT2D eigenvalue weighted by molar-refractivity contribution is -0.592. The van der Waals surface area contributed by atoms with Crippen LogP contribution in [0.3, 0.4) is 0 Å². The number of fused-ring (bicyclic) bond motifs is 1. The van der Waals surface area contributed by atoms with E-state index >= 15 is 0 Å². The molecule has 0 spiro atoms. The van der Waals surface area contributed by atoms with E-state index in [0.29, 0.717) is 25.4 Å². The second kappa shape index (κ2) is 5.74. The van der Waals surface area contributed by atoms with Gasteiger partial charge in [-0.3, -0.25) is 4.99 Å². The Labute approximate surface area is 140 Å². The molecule has 2 atom stereocenters. The zero-order valence-corrected chi connectivity index (χ0v) is 14.2. The molecule has 3 rings (SSSR count). The first-order valence-electron chi connectivity index (χ1n) is 7.47. The number of nitrogens with zero attached hydrogens (tertiary/aromatic N) is 4. The van der Waals surface area contributed by atoms with E-state index < -0.39 is 5.60 Å². The van der Waals surface area contributed by atoms with Crippen LogP contribution in [-0.2, 0) is 9.47 Å². The van der Waals surface area contributed by atoms with Crippen LogP contribution in [0, 0.1) is 0 Å². The van der Waals surface area contributed by atoms with Crippen LogP contribution in [0.5, 0.6) is 0 Å². The van der Waals surface area contributed by atoms with Gasteiger partial charge in [-0.2, -0.15) is 4.99 Å². The van der Waals surface area contributed by atoms with Crippen molar-refractivity contribution in [3.63, 3.8) is 0 Å². The monoisotopic (exact) mass is 339 g/mol. The molecule has 124 valence electrons. The molecule has 0 N–H and O–H groups in total. The van der Waals surface area contributed by atoms with Crippen molar-refractivity contribution in [1.29, 1.82) is 0 Å². The number of carbonyl (C=O) groups is 1. The number of hydrogen-bond donors (Lipinski definition) is 0. The highest BCUT2D eigenvalue weighted by molar-refractivity contribution is 6.14. The maximum absolute atomic E-state index is 12.2. The average molecular weight is 340 g/mol. The largest absolute Gasteiger partial charge is 0.444 e. The van der Waals surface area contributed by atoms with Gasteiger partial charge in [0.15, 0.2) is 11.8 Å². The number of quaternary nitrogens is 1. The van der Waals surface area contributed by atoms with Crippen LogP contribution in [0.25, 0.3) is 0 Å². The highest BCUT2D eigenvalue weighted by Crippen LogP contribution is 2.34. The Bertz CT molecular complexity index is 635. The lowest BCUT2D eigenvalue weighted by Gasteiger charge is -2.34. The molecule has 0 radical (unpaired) electrons. The molecule has 8 heteroatoms. The lowest BCUT2D eigenvalue weighted by Crippen LogP contribution is -2.48.